The summed E-state index contributed by atoms with van der Waals surface area (Å²) in [6, 6.07) is 11.6. The van der Waals surface area contributed by atoms with Gasteiger partial charge in [0, 0.05) is 24.5 Å². The molecule has 0 aliphatic carbocycles. The van der Waals surface area contributed by atoms with Crippen molar-refractivity contribution in [3.8, 4) is 6.07 Å². The zero-order valence-electron chi connectivity index (χ0n) is 11.4. The second-order valence-corrected chi connectivity index (χ2v) is 4.34. The van der Waals surface area contributed by atoms with Gasteiger partial charge in [-0.1, -0.05) is 13.0 Å². The lowest BCUT2D eigenvalue weighted by atomic mass is 10.2. The Kier molecular flexibility index (Phi) is 3.76. The topological polar surface area (TPSA) is 52.8 Å². The van der Waals surface area contributed by atoms with Crippen LogP contribution >= 0.6 is 0 Å². The third-order valence-electron chi connectivity index (χ3n) is 2.95. The molecule has 0 aliphatic rings. The van der Waals surface area contributed by atoms with Crippen LogP contribution in [0.15, 0.2) is 30.3 Å². The van der Waals surface area contributed by atoms with Gasteiger partial charge in [0.2, 0.25) is 0 Å². The molecule has 1 aromatic carbocycles. The highest BCUT2D eigenvalue weighted by Gasteiger charge is 2.08. The van der Waals surface area contributed by atoms with Gasteiger partial charge in [-0.25, -0.2) is 9.97 Å². The third-order valence-corrected chi connectivity index (χ3v) is 2.95. The Labute approximate surface area is 113 Å². The van der Waals surface area contributed by atoms with Crippen LogP contribution in [0.5, 0.6) is 0 Å². The average Bonchev–Trinajstić information content (AvgIpc) is 2.45. The maximum Gasteiger partial charge on any atom is 0.136 e. The predicted octanol–water partition coefficient (Wildman–Crippen LogP) is 2.99. The zero-order chi connectivity index (χ0) is 13.8. The smallest absolute Gasteiger partial charge is 0.136 e. The molecule has 1 aromatic heterocycles. The minimum atomic E-state index is 0.644. The standard InChI is InChI=1S/C15H16N4/c1-4-13-9-15(18-11(2)17-13)19(3)14-7-5-6-12(8-14)10-16/h5-9H,4H2,1-3H3. The molecular weight excluding hydrogens is 236 g/mol. The fourth-order valence-corrected chi connectivity index (χ4v) is 1.88. The highest BCUT2D eigenvalue weighted by atomic mass is 15.2. The Morgan fingerprint density at radius 1 is 1.26 bits per heavy atom. The molecule has 0 atom stereocenters. The van der Waals surface area contributed by atoms with Crippen molar-refractivity contribution in [3.05, 3.63) is 47.4 Å². The SMILES string of the molecule is CCc1cc(N(C)c2cccc(C#N)c2)nc(C)n1. The second-order valence-electron chi connectivity index (χ2n) is 4.34. The van der Waals surface area contributed by atoms with Crippen molar-refractivity contribution in [1.82, 2.24) is 9.97 Å². The van der Waals surface area contributed by atoms with Crippen LogP contribution in [0.4, 0.5) is 11.5 Å². The Morgan fingerprint density at radius 3 is 2.74 bits per heavy atom. The van der Waals surface area contributed by atoms with Gasteiger partial charge in [-0.2, -0.15) is 5.26 Å². The van der Waals surface area contributed by atoms with Gasteiger partial charge in [-0.15, -0.1) is 0 Å². The van der Waals surface area contributed by atoms with E-state index in [1.165, 1.54) is 0 Å². The number of aromatic nitrogens is 2. The van der Waals surface area contributed by atoms with Crippen LogP contribution in [0.25, 0.3) is 0 Å². The van der Waals surface area contributed by atoms with Crippen LogP contribution in [-0.4, -0.2) is 17.0 Å². The van der Waals surface area contributed by atoms with E-state index in [9.17, 15) is 0 Å². The summed E-state index contributed by atoms with van der Waals surface area (Å²) in [5.41, 5.74) is 2.61. The van der Waals surface area contributed by atoms with Crippen molar-refractivity contribution >= 4 is 11.5 Å². The Bertz CT molecular complexity index is 628. The molecule has 0 amide bonds. The first-order valence-electron chi connectivity index (χ1n) is 6.22. The van der Waals surface area contributed by atoms with Crippen molar-refractivity contribution in [1.29, 1.82) is 5.26 Å². The van der Waals surface area contributed by atoms with Crippen LogP contribution in [-0.2, 0) is 6.42 Å². The van der Waals surface area contributed by atoms with E-state index in [0.29, 0.717) is 5.56 Å². The number of nitriles is 1. The summed E-state index contributed by atoms with van der Waals surface area (Å²) in [7, 11) is 1.94. The van der Waals surface area contributed by atoms with Crippen molar-refractivity contribution < 1.29 is 0 Å². The van der Waals surface area contributed by atoms with Crippen molar-refractivity contribution in [2.75, 3.05) is 11.9 Å². The lowest BCUT2D eigenvalue weighted by Crippen LogP contribution is -2.13. The molecule has 0 radical (unpaired) electrons. The van der Waals surface area contributed by atoms with Gasteiger partial charge < -0.3 is 4.90 Å². The Balaban J connectivity index is 2.40. The molecule has 0 fully saturated rings. The first-order chi connectivity index (χ1) is 9.13. The summed E-state index contributed by atoms with van der Waals surface area (Å²) in [4.78, 5) is 10.8. The minimum absolute atomic E-state index is 0.644. The fraction of sp³-hybridized carbons (Fsp3) is 0.267. The van der Waals surface area contributed by atoms with Crippen LogP contribution in [0.2, 0.25) is 0 Å². The van der Waals surface area contributed by atoms with Gasteiger partial charge in [0.25, 0.3) is 0 Å². The quantitative estimate of drug-likeness (QED) is 0.842. The molecule has 1 heterocycles. The summed E-state index contributed by atoms with van der Waals surface area (Å²) in [6.07, 6.45) is 0.877. The van der Waals surface area contributed by atoms with E-state index >= 15 is 0 Å². The monoisotopic (exact) mass is 252 g/mol. The predicted molar refractivity (Wildman–Crippen MR) is 75.4 cm³/mol. The number of anilines is 2. The van der Waals surface area contributed by atoms with Gasteiger partial charge in [-0.05, 0) is 31.5 Å². The number of aryl methyl sites for hydroxylation is 2. The van der Waals surface area contributed by atoms with E-state index in [0.717, 1.165) is 29.4 Å². The number of nitrogens with zero attached hydrogens (tertiary/aromatic N) is 4. The molecular formula is C15H16N4. The normalized spacial score (nSPS) is 10.0. The molecule has 0 bridgehead atoms. The van der Waals surface area contributed by atoms with Crippen molar-refractivity contribution in [2.45, 2.75) is 20.3 Å². The molecule has 0 N–H and O–H groups in total. The Hall–Kier alpha value is -2.41. The van der Waals surface area contributed by atoms with E-state index in [1.807, 2.05) is 43.1 Å². The maximum absolute atomic E-state index is 8.95. The molecule has 19 heavy (non-hydrogen) atoms. The van der Waals surface area contributed by atoms with E-state index in [2.05, 4.69) is 23.0 Å². The van der Waals surface area contributed by atoms with Crippen LogP contribution in [0, 0.1) is 18.3 Å². The van der Waals surface area contributed by atoms with Gasteiger partial charge in [0.15, 0.2) is 0 Å². The summed E-state index contributed by atoms with van der Waals surface area (Å²) >= 11 is 0. The lowest BCUT2D eigenvalue weighted by Gasteiger charge is -2.19. The van der Waals surface area contributed by atoms with E-state index in [1.54, 1.807) is 6.07 Å². The molecule has 4 heteroatoms. The second kappa shape index (κ2) is 5.49. The highest BCUT2D eigenvalue weighted by molar-refractivity contribution is 5.61. The summed E-state index contributed by atoms with van der Waals surface area (Å²) < 4.78 is 0. The van der Waals surface area contributed by atoms with Crippen molar-refractivity contribution in [3.63, 3.8) is 0 Å². The lowest BCUT2D eigenvalue weighted by molar-refractivity contribution is 0.934. The minimum Gasteiger partial charge on any atom is -0.329 e. The molecule has 0 aliphatic heterocycles. The zero-order valence-corrected chi connectivity index (χ0v) is 11.4. The highest BCUT2D eigenvalue weighted by Crippen LogP contribution is 2.23. The van der Waals surface area contributed by atoms with Gasteiger partial charge in [-0.3, -0.25) is 0 Å². The number of benzene rings is 1. The molecule has 4 nitrogen and oxygen atoms in total. The van der Waals surface area contributed by atoms with E-state index < -0.39 is 0 Å². The molecule has 0 unspecified atom stereocenters. The molecule has 96 valence electrons. The van der Waals surface area contributed by atoms with Crippen LogP contribution in [0.1, 0.15) is 24.0 Å². The summed E-state index contributed by atoms with van der Waals surface area (Å²) in [6.45, 7) is 3.96. The summed E-state index contributed by atoms with van der Waals surface area (Å²) in [5.74, 6) is 1.61. The first-order valence-corrected chi connectivity index (χ1v) is 6.22. The molecule has 0 saturated carbocycles. The third kappa shape index (κ3) is 2.89. The largest absolute Gasteiger partial charge is 0.329 e. The van der Waals surface area contributed by atoms with E-state index in [4.69, 9.17) is 5.26 Å². The van der Waals surface area contributed by atoms with Gasteiger partial charge in [0.05, 0.1) is 11.6 Å². The van der Waals surface area contributed by atoms with Crippen molar-refractivity contribution in [2.24, 2.45) is 0 Å². The first kappa shape index (κ1) is 13.0. The maximum atomic E-state index is 8.95. The van der Waals surface area contributed by atoms with Crippen LogP contribution in [0.3, 0.4) is 0 Å². The average molecular weight is 252 g/mol. The fourth-order valence-electron chi connectivity index (χ4n) is 1.88. The number of hydrogen-bond acceptors (Lipinski definition) is 4. The molecule has 2 aromatic rings. The van der Waals surface area contributed by atoms with E-state index in [-0.39, 0.29) is 0 Å². The number of hydrogen-bond donors (Lipinski definition) is 0. The molecule has 0 spiro atoms. The summed E-state index contributed by atoms with van der Waals surface area (Å²) in [5, 5.41) is 8.95. The molecule has 2 rings (SSSR count). The number of rotatable bonds is 3. The van der Waals surface area contributed by atoms with Gasteiger partial charge in [0.1, 0.15) is 11.6 Å². The van der Waals surface area contributed by atoms with Gasteiger partial charge >= 0.3 is 0 Å². The van der Waals surface area contributed by atoms with Crippen LogP contribution < -0.4 is 4.90 Å². The molecule has 0 saturated heterocycles. The Morgan fingerprint density at radius 2 is 2.05 bits per heavy atom.